The summed E-state index contributed by atoms with van der Waals surface area (Å²) < 4.78 is 55.5. The maximum atomic E-state index is 13.6. The molecule has 11 heteroatoms. The average Bonchev–Trinajstić information content (AvgIpc) is 2.73. The predicted molar refractivity (Wildman–Crippen MR) is 123 cm³/mol. The molecule has 172 valence electrons. The normalized spacial score (nSPS) is 12.0. The molecular formula is C22H21F3N6OS. The van der Waals surface area contributed by atoms with Crippen molar-refractivity contribution < 1.29 is 17.4 Å². The van der Waals surface area contributed by atoms with E-state index in [9.17, 15) is 17.4 Å². The summed E-state index contributed by atoms with van der Waals surface area (Å²) in [6, 6.07) is 6.53. The van der Waals surface area contributed by atoms with Gasteiger partial charge in [0.05, 0.1) is 22.5 Å². The van der Waals surface area contributed by atoms with Crippen molar-refractivity contribution in [2.24, 2.45) is 0 Å². The average molecular weight is 475 g/mol. The number of nitrogen functional groups attached to an aromatic ring is 2. The fourth-order valence-corrected chi connectivity index (χ4v) is 3.78. The monoisotopic (exact) mass is 474 g/mol. The Hall–Kier alpha value is -3.65. The molecule has 1 aromatic carbocycles. The number of hydrogen-bond donors (Lipinski definition) is 3. The molecule has 0 amide bonds. The van der Waals surface area contributed by atoms with Gasteiger partial charge in [0.15, 0.2) is 0 Å². The van der Waals surface area contributed by atoms with Crippen LogP contribution < -0.4 is 16.2 Å². The van der Waals surface area contributed by atoms with Crippen molar-refractivity contribution in [3.05, 3.63) is 58.9 Å². The summed E-state index contributed by atoms with van der Waals surface area (Å²) in [6.07, 6.45) is -2.55. The quantitative estimate of drug-likeness (QED) is 0.482. The van der Waals surface area contributed by atoms with Crippen LogP contribution >= 0.6 is 0 Å². The van der Waals surface area contributed by atoms with Crippen molar-refractivity contribution in [2.45, 2.75) is 26.4 Å². The largest absolute Gasteiger partial charge is 0.416 e. The zero-order valence-corrected chi connectivity index (χ0v) is 18.6. The third kappa shape index (κ3) is 6.20. The molecule has 0 aliphatic carbocycles. The smallest absolute Gasteiger partial charge is 0.384 e. The highest BCUT2D eigenvalue weighted by Crippen LogP contribution is 2.36. The van der Waals surface area contributed by atoms with E-state index in [2.05, 4.69) is 31.5 Å². The van der Waals surface area contributed by atoms with E-state index >= 15 is 0 Å². The zero-order chi connectivity index (χ0) is 24.2. The SMILES string of the molecule is CCCS(=O)Nc1cc(-c2nc(N)nc(C)c2C#Cc2ccc(N)nc2)cc(C(F)(F)F)c1. The fourth-order valence-electron chi connectivity index (χ4n) is 2.92. The van der Waals surface area contributed by atoms with Gasteiger partial charge in [0.1, 0.15) is 16.8 Å². The van der Waals surface area contributed by atoms with Gasteiger partial charge in [0.25, 0.3) is 0 Å². The van der Waals surface area contributed by atoms with Crippen molar-refractivity contribution >= 4 is 28.4 Å². The van der Waals surface area contributed by atoms with Crippen LogP contribution in [0.1, 0.15) is 35.7 Å². The first-order valence-electron chi connectivity index (χ1n) is 9.82. The number of aromatic nitrogens is 3. The van der Waals surface area contributed by atoms with Crippen molar-refractivity contribution in [3.63, 3.8) is 0 Å². The first kappa shape index (κ1) is 24.0. The topological polar surface area (TPSA) is 120 Å². The number of nitrogens with zero attached hydrogens (tertiary/aromatic N) is 3. The van der Waals surface area contributed by atoms with Crippen LogP contribution in [0.2, 0.25) is 0 Å². The van der Waals surface area contributed by atoms with Gasteiger partial charge in [-0.25, -0.2) is 19.2 Å². The van der Waals surface area contributed by atoms with E-state index in [1.165, 1.54) is 12.3 Å². The summed E-state index contributed by atoms with van der Waals surface area (Å²) in [5, 5.41) is 0. The van der Waals surface area contributed by atoms with Gasteiger partial charge in [-0.1, -0.05) is 18.8 Å². The third-order valence-electron chi connectivity index (χ3n) is 4.38. The first-order chi connectivity index (χ1) is 15.6. The molecule has 0 aliphatic heterocycles. The Morgan fingerprint density at radius 1 is 1.12 bits per heavy atom. The molecule has 2 heterocycles. The molecular weight excluding hydrogens is 453 g/mol. The van der Waals surface area contributed by atoms with Gasteiger partial charge in [0, 0.05) is 28.8 Å². The lowest BCUT2D eigenvalue weighted by molar-refractivity contribution is -0.137. The Morgan fingerprint density at radius 2 is 1.88 bits per heavy atom. The molecule has 0 aliphatic rings. The molecule has 3 aromatic rings. The lowest BCUT2D eigenvalue weighted by Crippen LogP contribution is -2.11. The summed E-state index contributed by atoms with van der Waals surface area (Å²) >= 11 is 0. The maximum Gasteiger partial charge on any atom is 0.416 e. The summed E-state index contributed by atoms with van der Waals surface area (Å²) in [6.45, 7) is 3.46. The Morgan fingerprint density at radius 3 is 2.52 bits per heavy atom. The molecule has 3 rings (SSSR count). The lowest BCUT2D eigenvalue weighted by atomic mass is 10.0. The van der Waals surface area contributed by atoms with Crippen LogP contribution in [0.3, 0.4) is 0 Å². The van der Waals surface area contributed by atoms with Gasteiger partial charge in [-0.05, 0) is 43.7 Å². The van der Waals surface area contributed by atoms with E-state index in [-0.39, 0.29) is 28.6 Å². The second kappa shape index (κ2) is 9.87. The van der Waals surface area contributed by atoms with Crippen LogP contribution in [0.25, 0.3) is 11.3 Å². The van der Waals surface area contributed by atoms with Crippen molar-refractivity contribution in [1.29, 1.82) is 0 Å². The van der Waals surface area contributed by atoms with Gasteiger partial charge in [-0.15, -0.1) is 0 Å². The molecule has 7 nitrogen and oxygen atoms in total. The first-order valence-corrected chi connectivity index (χ1v) is 11.1. The number of rotatable bonds is 5. The Kier molecular flexibility index (Phi) is 7.18. The number of halogens is 3. The number of benzene rings is 1. The molecule has 1 atom stereocenters. The molecule has 0 radical (unpaired) electrons. The van der Waals surface area contributed by atoms with Gasteiger partial charge in [0.2, 0.25) is 5.95 Å². The highest BCUT2D eigenvalue weighted by Gasteiger charge is 2.32. The summed E-state index contributed by atoms with van der Waals surface area (Å²) in [5.41, 5.74) is 12.0. The molecule has 0 saturated carbocycles. The Labute approximate surface area is 191 Å². The second-order valence-corrected chi connectivity index (χ2v) is 8.36. The van der Waals surface area contributed by atoms with Gasteiger partial charge >= 0.3 is 6.18 Å². The van der Waals surface area contributed by atoms with E-state index < -0.39 is 22.7 Å². The molecule has 1 unspecified atom stereocenters. The number of nitrogens with one attached hydrogen (secondary N) is 1. The van der Waals surface area contributed by atoms with Crippen LogP contribution in [0.5, 0.6) is 0 Å². The van der Waals surface area contributed by atoms with Gasteiger partial charge in [-0.2, -0.15) is 13.2 Å². The number of hydrogen-bond acceptors (Lipinski definition) is 6. The van der Waals surface area contributed by atoms with E-state index in [0.29, 0.717) is 29.1 Å². The van der Waals surface area contributed by atoms with Crippen LogP contribution in [0.4, 0.5) is 30.6 Å². The van der Waals surface area contributed by atoms with Crippen LogP contribution in [-0.4, -0.2) is 24.9 Å². The molecule has 0 fully saturated rings. The summed E-state index contributed by atoms with van der Waals surface area (Å²) in [5.74, 6) is 6.31. The molecule has 5 N–H and O–H groups in total. The third-order valence-corrected chi connectivity index (χ3v) is 5.62. The van der Waals surface area contributed by atoms with E-state index in [1.54, 1.807) is 19.1 Å². The van der Waals surface area contributed by atoms with E-state index in [1.807, 2.05) is 6.92 Å². The van der Waals surface area contributed by atoms with E-state index in [0.717, 1.165) is 12.1 Å². The second-order valence-electron chi connectivity index (χ2n) is 7.06. The van der Waals surface area contributed by atoms with Crippen LogP contribution in [-0.2, 0) is 17.2 Å². The van der Waals surface area contributed by atoms with Crippen molar-refractivity contribution in [1.82, 2.24) is 15.0 Å². The van der Waals surface area contributed by atoms with Gasteiger partial charge in [-0.3, -0.25) is 0 Å². The van der Waals surface area contributed by atoms with Crippen LogP contribution in [0, 0.1) is 18.8 Å². The number of alkyl halides is 3. The van der Waals surface area contributed by atoms with Crippen molar-refractivity contribution in [2.75, 3.05) is 21.9 Å². The molecule has 0 bridgehead atoms. The Bertz CT molecular complexity index is 1250. The Balaban J connectivity index is 2.17. The lowest BCUT2D eigenvalue weighted by Gasteiger charge is -2.14. The van der Waals surface area contributed by atoms with Gasteiger partial charge < -0.3 is 16.2 Å². The molecule has 0 saturated heterocycles. The minimum atomic E-state index is -4.63. The number of anilines is 3. The zero-order valence-electron chi connectivity index (χ0n) is 17.8. The highest BCUT2D eigenvalue weighted by atomic mass is 32.2. The predicted octanol–water partition coefficient (Wildman–Crippen LogP) is 3.92. The fraction of sp³-hybridized carbons (Fsp3) is 0.227. The molecule has 2 aromatic heterocycles. The van der Waals surface area contributed by atoms with E-state index in [4.69, 9.17) is 11.5 Å². The highest BCUT2D eigenvalue weighted by molar-refractivity contribution is 7.86. The summed E-state index contributed by atoms with van der Waals surface area (Å²) in [7, 11) is -1.54. The van der Waals surface area contributed by atoms with Crippen LogP contribution in [0.15, 0.2) is 36.5 Å². The minimum Gasteiger partial charge on any atom is -0.384 e. The summed E-state index contributed by atoms with van der Waals surface area (Å²) in [4.78, 5) is 12.2. The number of pyridine rings is 1. The minimum absolute atomic E-state index is 0.0445. The number of nitrogens with two attached hydrogens (primary N) is 2. The molecule has 33 heavy (non-hydrogen) atoms. The maximum absolute atomic E-state index is 13.6. The van der Waals surface area contributed by atoms with Crippen molar-refractivity contribution in [3.8, 4) is 23.1 Å². The number of aryl methyl sites for hydroxylation is 1. The molecule has 0 spiro atoms. The standard InChI is InChI=1S/C22H21F3N6OS/c1-3-8-33(32)31-17-10-15(9-16(11-17)22(23,24)25)20-18(13(2)29-21(27)30-20)6-4-14-5-7-19(26)28-12-14/h5,7,9-12,31H,3,8H2,1-2H3,(H2,26,28)(H2,27,29,30).